The molecule has 0 atom stereocenters. The molecule has 0 aliphatic rings. The SMILES string of the molecule is C/C=C\C(Cl)=C(/C)Nc1cc2scnc2cc1O. The lowest BCUT2D eigenvalue weighted by atomic mass is 10.2. The molecule has 0 spiro atoms. The van der Waals surface area contributed by atoms with Crippen molar-refractivity contribution < 1.29 is 5.11 Å². The number of nitrogens with one attached hydrogen (secondary N) is 1. The maximum Gasteiger partial charge on any atom is 0.141 e. The highest BCUT2D eigenvalue weighted by Gasteiger charge is 2.07. The molecular formula is C13H13ClN2OS. The molecule has 2 rings (SSSR count). The largest absolute Gasteiger partial charge is 0.506 e. The van der Waals surface area contributed by atoms with Gasteiger partial charge < -0.3 is 10.4 Å². The van der Waals surface area contributed by atoms with Crippen LogP contribution in [-0.2, 0) is 0 Å². The molecule has 0 amide bonds. The van der Waals surface area contributed by atoms with Crippen LogP contribution in [0.3, 0.4) is 0 Å². The average Bonchev–Trinajstić information content (AvgIpc) is 2.76. The first kappa shape index (κ1) is 12.9. The highest BCUT2D eigenvalue weighted by Crippen LogP contribution is 2.32. The van der Waals surface area contributed by atoms with E-state index in [1.165, 1.54) is 11.3 Å². The van der Waals surface area contributed by atoms with Crippen LogP contribution in [0, 0.1) is 0 Å². The second-order valence-corrected chi connectivity index (χ2v) is 5.08. The van der Waals surface area contributed by atoms with Gasteiger partial charge in [0.05, 0.1) is 26.4 Å². The molecule has 0 saturated heterocycles. The van der Waals surface area contributed by atoms with E-state index in [9.17, 15) is 5.11 Å². The smallest absolute Gasteiger partial charge is 0.141 e. The normalized spacial score (nSPS) is 13.1. The molecule has 1 heterocycles. The summed E-state index contributed by atoms with van der Waals surface area (Å²) < 4.78 is 1.02. The van der Waals surface area contributed by atoms with Gasteiger partial charge in [-0.2, -0.15) is 0 Å². The number of aromatic nitrogens is 1. The monoisotopic (exact) mass is 280 g/mol. The van der Waals surface area contributed by atoms with Gasteiger partial charge in [-0.3, -0.25) is 0 Å². The number of fused-ring (bicyclic) bond motifs is 1. The maximum atomic E-state index is 9.91. The van der Waals surface area contributed by atoms with Gasteiger partial charge in [-0.15, -0.1) is 11.3 Å². The van der Waals surface area contributed by atoms with Crippen LogP contribution < -0.4 is 5.32 Å². The Kier molecular flexibility index (Phi) is 3.89. The van der Waals surface area contributed by atoms with E-state index in [0.29, 0.717) is 10.7 Å². The Morgan fingerprint density at radius 3 is 3.00 bits per heavy atom. The summed E-state index contributed by atoms with van der Waals surface area (Å²) in [5.41, 5.74) is 3.97. The van der Waals surface area contributed by atoms with E-state index in [0.717, 1.165) is 15.9 Å². The molecule has 1 aromatic heterocycles. The maximum absolute atomic E-state index is 9.91. The molecule has 1 aromatic carbocycles. The van der Waals surface area contributed by atoms with Crippen molar-refractivity contribution in [2.45, 2.75) is 13.8 Å². The molecule has 0 unspecified atom stereocenters. The summed E-state index contributed by atoms with van der Waals surface area (Å²) in [4.78, 5) is 4.15. The molecule has 0 aliphatic carbocycles. The molecule has 5 heteroatoms. The Morgan fingerprint density at radius 1 is 1.50 bits per heavy atom. The lowest BCUT2D eigenvalue weighted by Gasteiger charge is -2.09. The first-order valence-electron chi connectivity index (χ1n) is 5.44. The number of anilines is 1. The minimum absolute atomic E-state index is 0.165. The zero-order valence-electron chi connectivity index (χ0n) is 10.1. The van der Waals surface area contributed by atoms with Gasteiger partial charge >= 0.3 is 0 Å². The van der Waals surface area contributed by atoms with Crippen molar-refractivity contribution in [1.29, 1.82) is 0 Å². The molecule has 18 heavy (non-hydrogen) atoms. The Balaban J connectivity index is 2.36. The molecule has 0 saturated carbocycles. The van der Waals surface area contributed by atoms with Crippen LogP contribution in [0.1, 0.15) is 13.8 Å². The van der Waals surface area contributed by atoms with E-state index in [1.807, 2.05) is 26.0 Å². The van der Waals surface area contributed by atoms with Crippen molar-refractivity contribution in [3.05, 3.63) is 40.5 Å². The van der Waals surface area contributed by atoms with Crippen molar-refractivity contribution in [3.8, 4) is 5.75 Å². The number of nitrogens with zero attached hydrogens (tertiary/aromatic N) is 1. The quantitative estimate of drug-likeness (QED) is 0.644. The number of hydrogen-bond acceptors (Lipinski definition) is 4. The van der Waals surface area contributed by atoms with Gasteiger partial charge in [0.2, 0.25) is 0 Å². The Labute approximate surface area is 114 Å². The summed E-state index contributed by atoms with van der Waals surface area (Å²) in [6.07, 6.45) is 3.66. The summed E-state index contributed by atoms with van der Waals surface area (Å²) in [5, 5.41) is 13.6. The molecule has 2 N–H and O–H groups in total. The fourth-order valence-electron chi connectivity index (χ4n) is 1.53. The number of thiazole rings is 1. The molecular weight excluding hydrogens is 268 g/mol. The van der Waals surface area contributed by atoms with Crippen LogP contribution >= 0.6 is 22.9 Å². The first-order chi connectivity index (χ1) is 8.61. The average molecular weight is 281 g/mol. The Bertz CT molecular complexity index is 631. The van der Waals surface area contributed by atoms with Crippen molar-refractivity contribution >= 4 is 38.8 Å². The van der Waals surface area contributed by atoms with Crippen molar-refractivity contribution in [2.75, 3.05) is 5.32 Å². The molecule has 2 aromatic rings. The summed E-state index contributed by atoms with van der Waals surface area (Å²) in [7, 11) is 0. The van der Waals surface area contributed by atoms with Gasteiger partial charge in [0, 0.05) is 11.8 Å². The van der Waals surface area contributed by atoms with Gasteiger partial charge in [-0.25, -0.2) is 4.98 Å². The van der Waals surface area contributed by atoms with Gasteiger partial charge in [0.1, 0.15) is 5.75 Å². The fraction of sp³-hybridized carbons (Fsp3) is 0.154. The topological polar surface area (TPSA) is 45.2 Å². The van der Waals surface area contributed by atoms with Gasteiger partial charge in [0.25, 0.3) is 0 Å². The lowest BCUT2D eigenvalue weighted by Crippen LogP contribution is -1.97. The Morgan fingerprint density at radius 2 is 2.28 bits per heavy atom. The van der Waals surface area contributed by atoms with Crippen LogP contribution in [0.15, 0.2) is 40.5 Å². The van der Waals surface area contributed by atoms with Crippen LogP contribution in [0.5, 0.6) is 5.75 Å². The zero-order chi connectivity index (χ0) is 13.1. The number of phenolic OH excluding ortho intramolecular Hbond substituents is 1. The second kappa shape index (κ2) is 5.42. The first-order valence-corrected chi connectivity index (χ1v) is 6.70. The van der Waals surface area contributed by atoms with E-state index in [4.69, 9.17) is 11.6 Å². The molecule has 0 aliphatic heterocycles. The van der Waals surface area contributed by atoms with E-state index in [1.54, 1.807) is 17.7 Å². The number of aromatic hydroxyl groups is 1. The number of benzene rings is 1. The summed E-state index contributed by atoms with van der Waals surface area (Å²) >= 11 is 7.60. The predicted octanol–water partition coefficient (Wildman–Crippen LogP) is 4.46. The van der Waals surface area contributed by atoms with E-state index >= 15 is 0 Å². The van der Waals surface area contributed by atoms with Gasteiger partial charge in [0.15, 0.2) is 0 Å². The van der Waals surface area contributed by atoms with Crippen LogP contribution in [0.25, 0.3) is 10.2 Å². The molecule has 0 fully saturated rings. The predicted molar refractivity (Wildman–Crippen MR) is 78.3 cm³/mol. The van der Waals surface area contributed by atoms with Gasteiger partial charge in [-0.05, 0) is 26.0 Å². The van der Waals surface area contributed by atoms with E-state index in [-0.39, 0.29) is 5.75 Å². The molecule has 0 bridgehead atoms. The number of rotatable bonds is 3. The molecule has 94 valence electrons. The minimum Gasteiger partial charge on any atom is -0.506 e. The summed E-state index contributed by atoms with van der Waals surface area (Å²) in [5.74, 6) is 0.165. The Hall–Kier alpha value is -1.52. The van der Waals surface area contributed by atoms with Crippen molar-refractivity contribution in [2.24, 2.45) is 0 Å². The van der Waals surface area contributed by atoms with Crippen molar-refractivity contribution in [3.63, 3.8) is 0 Å². The zero-order valence-corrected chi connectivity index (χ0v) is 11.6. The second-order valence-electron chi connectivity index (χ2n) is 3.79. The summed E-state index contributed by atoms with van der Waals surface area (Å²) in [6.45, 7) is 3.76. The fourth-order valence-corrected chi connectivity index (χ4v) is 2.40. The summed E-state index contributed by atoms with van der Waals surface area (Å²) in [6, 6.07) is 3.51. The third kappa shape index (κ3) is 2.66. The number of phenols is 1. The van der Waals surface area contributed by atoms with Crippen molar-refractivity contribution in [1.82, 2.24) is 4.98 Å². The molecule has 0 radical (unpaired) electrons. The lowest BCUT2D eigenvalue weighted by molar-refractivity contribution is 0.478. The minimum atomic E-state index is 0.165. The third-order valence-corrected chi connectivity index (χ3v) is 3.64. The number of allylic oxidation sites excluding steroid dienone is 4. The van der Waals surface area contributed by atoms with Crippen LogP contribution in [0.2, 0.25) is 0 Å². The highest BCUT2D eigenvalue weighted by atomic mass is 35.5. The number of hydrogen-bond donors (Lipinski definition) is 2. The van der Waals surface area contributed by atoms with Crippen LogP contribution in [0.4, 0.5) is 5.69 Å². The van der Waals surface area contributed by atoms with E-state index in [2.05, 4.69) is 10.3 Å². The van der Waals surface area contributed by atoms with Crippen LogP contribution in [-0.4, -0.2) is 10.1 Å². The van der Waals surface area contributed by atoms with Gasteiger partial charge in [-0.1, -0.05) is 17.7 Å². The number of halogens is 1. The standard InChI is InChI=1S/C13H13ClN2OS/c1-3-4-9(14)8(2)16-10-6-13-11(5-12(10)17)15-7-18-13/h3-7,16-17H,1-2H3/b4-3-,9-8-. The molecule has 3 nitrogen and oxygen atoms in total. The highest BCUT2D eigenvalue weighted by molar-refractivity contribution is 7.16. The third-order valence-electron chi connectivity index (χ3n) is 2.44. The van der Waals surface area contributed by atoms with E-state index < -0.39 is 0 Å².